The molecule has 0 aliphatic carbocycles. The minimum atomic E-state index is -2.55. The SMILES string of the molecule is CC(O)c1cccc(F)c1N(C)CC(F)F. The lowest BCUT2D eigenvalue weighted by Crippen LogP contribution is -2.26. The van der Waals surface area contributed by atoms with E-state index in [0.29, 0.717) is 5.56 Å². The van der Waals surface area contributed by atoms with E-state index in [1.165, 1.54) is 32.2 Å². The summed E-state index contributed by atoms with van der Waals surface area (Å²) in [5, 5.41) is 9.43. The van der Waals surface area contributed by atoms with Crippen molar-refractivity contribution in [2.75, 3.05) is 18.5 Å². The van der Waals surface area contributed by atoms with Crippen LogP contribution < -0.4 is 4.90 Å². The summed E-state index contributed by atoms with van der Waals surface area (Å²) in [7, 11) is 1.37. The van der Waals surface area contributed by atoms with Gasteiger partial charge in [-0.1, -0.05) is 12.1 Å². The summed E-state index contributed by atoms with van der Waals surface area (Å²) < 4.78 is 37.9. The van der Waals surface area contributed by atoms with Crippen LogP contribution in [-0.4, -0.2) is 25.1 Å². The molecular formula is C11H14F3NO. The normalized spacial score (nSPS) is 12.9. The number of anilines is 1. The predicted molar refractivity (Wildman–Crippen MR) is 56.3 cm³/mol. The number of nitrogens with zero attached hydrogens (tertiary/aromatic N) is 1. The Labute approximate surface area is 92.3 Å². The molecule has 2 nitrogen and oxygen atoms in total. The van der Waals surface area contributed by atoms with Crippen molar-refractivity contribution in [2.24, 2.45) is 0 Å². The molecule has 0 saturated carbocycles. The number of halogens is 3. The fourth-order valence-corrected chi connectivity index (χ4v) is 1.57. The first kappa shape index (κ1) is 12.8. The van der Waals surface area contributed by atoms with Crippen molar-refractivity contribution in [3.05, 3.63) is 29.6 Å². The van der Waals surface area contributed by atoms with Gasteiger partial charge in [0.1, 0.15) is 5.82 Å². The van der Waals surface area contributed by atoms with Crippen LogP contribution in [0.1, 0.15) is 18.6 Å². The Morgan fingerprint density at radius 2 is 2.00 bits per heavy atom. The lowest BCUT2D eigenvalue weighted by molar-refractivity contribution is 0.155. The minimum absolute atomic E-state index is 0.0257. The molecule has 0 amide bonds. The molecule has 90 valence electrons. The molecule has 1 unspecified atom stereocenters. The predicted octanol–water partition coefficient (Wildman–Crippen LogP) is 2.58. The molecule has 1 atom stereocenters. The lowest BCUT2D eigenvalue weighted by Gasteiger charge is -2.23. The van der Waals surface area contributed by atoms with Gasteiger partial charge >= 0.3 is 0 Å². The number of hydrogen-bond acceptors (Lipinski definition) is 2. The van der Waals surface area contributed by atoms with Crippen LogP contribution in [0.4, 0.5) is 18.9 Å². The van der Waals surface area contributed by atoms with Gasteiger partial charge in [0, 0.05) is 12.6 Å². The number of alkyl halides is 2. The van der Waals surface area contributed by atoms with Crippen LogP contribution in [0.25, 0.3) is 0 Å². The smallest absolute Gasteiger partial charge is 0.255 e. The van der Waals surface area contributed by atoms with E-state index in [9.17, 15) is 18.3 Å². The zero-order valence-corrected chi connectivity index (χ0v) is 9.12. The number of aliphatic hydroxyl groups is 1. The molecule has 1 aromatic rings. The second kappa shape index (κ2) is 5.21. The van der Waals surface area contributed by atoms with E-state index < -0.39 is 24.9 Å². The van der Waals surface area contributed by atoms with E-state index in [0.717, 1.165) is 4.90 Å². The Morgan fingerprint density at radius 1 is 1.38 bits per heavy atom. The molecule has 0 radical (unpaired) electrons. The monoisotopic (exact) mass is 233 g/mol. The van der Waals surface area contributed by atoms with Gasteiger partial charge in [0.2, 0.25) is 0 Å². The number of rotatable bonds is 4. The molecule has 5 heteroatoms. The lowest BCUT2D eigenvalue weighted by atomic mass is 10.1. The topological polar surface area (TPSA) is 23.5 Å². The Morgan fingerprint density at radius 3 is 2.50 bits per heavy atom. The molecule has 0 aliphatic rings. The first-order valence-electron chi connectivity index (χ1n) is 4.89. The summed E-state index contributed by atoms with van der Waals surface area (Å²) >= 11 is 0. The maximum Gasteiger partial charge on any atom is 0.255 e. The van der Waals surface area contributed by atoms with E-state index >= 15 is 0 Å². The summed E-state index contributed by atoms with van der Waals surface area (Å²) in [5.41, 5.74) is 0.334. The Bertz CT molecular complexity index is 355. The molecule has 16 heavy (non-hydrogen) atoms. The number of hydrogen-bond donors (Lipinski definition) is 1. The fraction of sp³-hybridized carbons (Fsp3) is 0.455. The van der Waals surface area contributed by atoms with Crippen molar-refractivity contribution in [3.8, 4) is 0 Å². The van der Waals surface area contributed by atoms with Crippen molar-refractivity contribution >= 4 is 5.69 Å². The molecule has 0 spiro atoms. The second-order valence-corrected chi connectivity index (χ2v) is 3.63. The van der Waals surface area contributed by atoms with E-state index in [4.69, 9.17) is 0 Å². The average Bonchev–Trinajstić information content (AvgIpc) is 2.15. The summed E-state index contributed by atoms with van der Waals surface area (Å²) in [5.74, 6) is -0.610. The highest BCUT2D eigenvalue weighted by molar-refractivity contribution is 5.55. The van der Waals surface area contributed by atoms with Crippen LogP contribution in [0.2, 0.25) is 0 Å². The first-order valence-corrected chi connectivity index (χ1v) is 4.89. The maximum absolute atomic E-state index is 13.5. The van der Waals surface area contributed by atoms with Gasteiger partial charge in [0.25, 0.3) is 6.43 Å². The van der Waals surface area contributed by atoms with Gasteiger partial charge in [-0.25, -0.2) is 13.2 Å². The van der Waals surface area contributed by atoms with Gasteiger partial charge in [0.15, 0.2) is 0 Å². The molecule has 0 heterocycles. The van der Waals surface area contributed by atoms with Gasteiger partial charge in [-0.3, -0.25) is 0 Å². The summed E-state index contributed by atoms with van der Waals surface area (Å²) in [6.07, 6.45) is -3.45. The number of aliphatic hydroxyl groups excluding tert-OH is 1. The summed E-state index contributed by atoms with van der Waals surface area (Å²) in [4.78, 5) is 1.11. The van der Waals surface area contributed by atoms with Crippen LogP contribution in [-0.2, 0) is 0 Å². The van der Waals surface area contributed by atoms with E-state index in [-0.39, 0.29) is 5.69 Å². The molecule has 1 aromatic carbocycles. The molecule has 0 aromatic heterocycles. The Kier molecular flexibility index (Phi) is 4.18. The summed E-state index contributed by atoms with van der Waals surface area (Å²) in [6, 6.07) is 4.14. The number of benzene rings is 1. The third-order valence-electron chi connectivity index (χ3n) is 2.26. The highest BCUT2D eigenvalue weighted by Gasteiger charge is 2.18. The highest BCUT2D eigenvalue weighted by Crippen LogP contribution is 2.28. The van der Waals surface area contributed by atoms with Crippen LogP contribution in [0.15, 0.2) is 18.2 Å². The third-order valence-corrected chi connectivity index (χ3v) is 2.26. The largest absolute Gasteiger partial charge is 0.389 e. The van der Waals surface area contributed by atoms with Crippen molar-refractivity contribution < 1.29 is 18.3 Å². The molecule has 0 aliphatic heterocycles. The van der Waals surface area contributed by atoms with Crippen LogP contribution in [0.5, 0.6) is 0 Å². The molecular weight excluding hydrogens is 219 g/mol. The van der Waals surface area contributed by atoms with Crippen LogP contribution in [0.3, 0.4) is 0 Å². The zero-order chi connectivity index (χ0) is 12.3. The van der Waals surface area contributed by atoms with Crippen molar-refractivity contribution in [1.29, 1.82) is 0 Å². The fourth-order valence-electron chi connectivity index (χ4n) is 1.57. The van der Waals surface area contributed by atoms with Crippen LogP contribution >= 0.6 is 0 Å². The molecule has 0 saturated heterocycles. The average molecular weight is 233 g/mol. The Hall–Kier alpha value is -1.23. The van der Waals surface area contributed by atoms with Gasteiger partial charge in [-0.2, -0.15) is 0 Å². The van der Waals surface area contributed by atoms with Crippen molar-refractivity contribution in [2.45, 2.75) is 19.5 Å². The highest BCUT2D eigenvalue weighted by atomic mass is 19.3. The van der Waals surface area contributed by atoms with Crippen LogP contribution in [0, 0.1) is 5.82 Å². The van der Waals surface area contributed by atoms with Gasteiger partial charge in [-0.15, -0.1) is 0 Å². The van der Waals surface area contributed by atoms with Gasteiger partial charge in [-0.05, 0) is 13.0 Å². The molecule has 1 rings (SSSR count). The number of para-hydroxylation sites is 1. The molecule has 0 fully saturated rings. The standard InChI is InChI=1S/C11H14F3NO/c1-7(16)8-4-3-5-9(12)11(8)15(2)6-10(13)14/h3-5,7,10,16H,6H2,1-2H3. The third kappa shape index (κ3) is 2.88. The van der Waals surface area contributed by atoms with Gasteiger partial charge in [0.05, 0.1) is 18.3 Å². The van der Waals surface area contributed by atoms with Crippen molar-refractivity contribution in [1.82, 2.24) is 0 Å². The molecule has 1 N–H and O–H groups in total. The minimum Gasteiger partial charge on any atom is -0.389 e. The molecule has 0 bridgehead atoms. The van der Waals surface area contributed by atoms with Crippen molar-refractivity contribution in [3.63, 3.8) is 0 Å². The van der Waals surface area contributed by atoms with E-state index in [2.05, 4.69) is 0 Å². The van der Waals surface area contributed by atoms with Gasteiger partial charge < -0.3 is 10.0 Å². The quantitative estimate of drug-likeness (QED) is 0.864. The summed E-state index contributed by atoms with van der Waals surface area (Å²) in [6.45, 7) is 0.898. The Balaban J connectivity index is 3.09. The zero-order valence-electron chi connectivity index (χ0n) is 9.12. The first-order chi connectivity index (χ1) is 7.43. The second-order valence-electron chi connectivity index (χ2n) is 3.63. The van der Waals surface area contributed by atoms with E-state index in [1.54, 1.807) is 0 Å². The maximum atomic E-state index is 13.5. The van der Waals surface area contributed by atoms with E-state index in [1.807, 2.05) is 0 Å².